The number of nitrogens with one attached hydrogen (secondary N) is 1. The zero-order valence-electron chi connectivity index (χ0n) is 28.5. The average molecular weight is 655 g/mol. The second-order valence-corrected chi connectivity index (χ2v) is 12.4. The first-order valence-corrected chi connectivity index (χ1v) is 16.2. The normalized spacial score (nSPS) is 13.0. The molecule has 3 aromatic carbocycles. The van der Waals surface area contributed by atoms with Gasteiger partial charge in [-0.1, -0.05) is 45.0 Å². The van der Waals surface area contributed by atoms with Gasteiger partial charge in [0.1, 0.15) is 11.5 Å². The predicted molar refractivity (Wildman–Crippen MR) is 192 cm³/mol. The summed E-state index contributed by atoms with van der Waals surface area (Å²) in [5.74, 6) is 1.17. The molecule has 11 heteroatoms. The van der Waals surface area contributed by atoms with E-state index in [0.717, 1.165) is 64.0 Å². The molecule has 0 bridgehead atoms. The van der Waals surface area contributed by atoms with Gasteiger partial charge in [-0.25, -0.2) is 9.98 Å². The van der Waals surface area contributed by atoms with E-state index in [-0.39, 0.29) is 11.0 Å². The van der Waals surface area contributed by atoms with Gasteiger partial charge in [0.05, 0.1) is 29.9 Å². The third-order valence-corrected chi connectivity index (χ3v) is 7.98. The van der Waals surface area contributed by atoms with E-state index >= 15 is 0 Å². The highest BCUT2D eigenvalue weighted by Crippen LogP contribution is 2.36. The Balaban J connectivity index is 0.00000160. The van der Waals surface area contributed by atoms with Crippen molar-refractivity contribution in [1.82, 2.24) is 9.66 Å². The molecule has 0 unspecified atom stereocenters. The molecule has 0 radical (unpaired) electrons. The summed E-state index contributed by atoms with van der Waals surface area (Å²) in [7, 11) is 1.65. The minimum absolute atomic E-state index is 0.214. The Kier molecular flexibility index (Phi) is 10.9. The van der Waals surface area contributed by atoms with Crippen molar-refractivity contribution in [3.05, 3.63) is 93.5 Å². The van der Waals surface area contributed by atoms with Crippen molar-refractivity contribution in [3.63, 3.8) is 0 Å². The summed E-state index contributed by atoms with van der Waals surface area (Å²) >= 11 is -0.750. The second kappa shape index (κ2) is 14.7. The van der Waals surface area contributed by atoms with E-state index < -0.39 is 11.6 Å². The molecule has 0 atom stereocenters. The molecular weight excluding hydrogens is 613 g/mol. The molecule has 0 saturated carbocycles. The largest absolute Gasteiger partial charge is 0.495 e. The summed E-state index contributed by atoms with van der Waals surface area (Å²) in [4.78, 5) is 26.5. The fraction of sp³-hybridized carbons (Fsp3) is 0.333. The van der Waals surface area contributed by atoms with Gasteiger partial charge in [-0.3, -0.25) is 4.79 Å². The average Bonchev–Trinajstić information content (AvgIpc) is 3.40. The van der Waals surface area contributed by atoms with E-state index in [1.54, 1.807) is 14.0 Å². The smallest absolute Gasteiger partial charge is 0.335 e. The van der Waals surface area contributed by atoms with Gasteiger partial charge >= 0.3 is 11.6 Å². The van der Waals surface area contributed by atoms with Gasteiger partial charge in [0, 0.05) is 41.0 Å². The topological polar surface area (TPSA) is 118 Å². The molecule has 2 heterocycles. The van der Waals surface area contributed by atoms with Crippen LogP contribution in [0, 0.1) is 26.2 Å². The fourth-order valence-electron chi connectivity index (χ4n) is 5.50. The van der Waals surface area contributed by atoms with Gasteiger partial charge in [0.25, 0.3) is 5.56 Å². The summed E-state index contributed by atoms with van der Waals surface area (Å²) < 4.78 is 23.6. The van der Waals surface area contributed by atoms with Crippen LogP contribution in [0.1, 0.15) is 57.1 Å². The lowest BCUT2D eigenvalue weighted by atomic mass is 9.87. The van der Waals surface area contributed by atoms with Crippen LogP contribution in [0.3, 0.4) is 0 Å². The van der Waals surface area contributed by atoms with Gasteiger partial charge in [0.2, 0.25) is 0 Å². The third kappa shape index (κ3) is 7.41. The summed E-state index contributed by atoms with van der Waals surface area (Å²) in [5, 5.41) is 8.33. The first kappa shape index (κ1) is 35.0. The summed E-state index contributed by atoms with van der Waals surface area (Å²) in [5.41, 5.74) is 8.43. The van der Waals surface area contributed by atoms with Crippen LogP contribution in [0.5, 0.6) is 5.75 Å². The number of methoxy groups -OCH3 is 1. The zero-order chi connectivity index (χ0) is 34.5. The number of aromatic nitrogens is 2. The lowest BCUT2D eigenvalue weighted by Gasteiger charge is -2.22. The molecule has 1 aliphatic heterocycles. The summed E-state index contributed by atoms with van der Waals surface area (Å²) in [6, 6.07) is 20.2. The highest BCUT2D eigenvalue weighted by atomic mass is 32.1. The number of ether oxygens (including phenoxy) is 1. The Hall–Kier alpha value is -4.90. The second-order valence-electron chi connectivity index (χ2n) is 12.3. The van der Waals surface area contributed by atoms with E-state index in [4.69, 9.17) is 28.2 Å². The number of hydrogen-bond acceptors (Lipinski definition) is 9. The van der Waals surface area contributed by atoms with Gasteiger partial charge in [0.15, 0.2) is 5.82 Å². The molecule has 5 rings (SSSR count). The lowest BCUT2D eigenvalue weighted by Crippen LogP contribution is -2.28. The number of para-hydroxylation sites is 1. The maximum Gasteiger partial charge on any atom is 0.335 e. The maximum atomic E-state index is 13.9. The lowest BCUT2D eigenvalue weighted by molar-refractivity contribution is 0.416. The molecule has 0 fully saturated rings. The molecule has 47 heavy (non-hydrogen) atoms. The Morgan fingerprint density at radius 2 is 1.64 bits per heavy atom. The van der Waals surface area contributed by atoms with Crippen molar-refractivity contribution in [2.75, 3.05) is 30.4 Å². The number of aryl methyl sites for hydroxylation is 2. The standard InChI is InChI=1S/C36H42N6O2.O2S/c1-10-41(11-2)25-17-18-27(23(4)21-25)38-32-33(36(6,7)8)40-42-34(32)39-31(24(5)35(42)43)26-14-12-13-15-28(26)37-29-20-22(3)16-19-30(29)44-9;1-3-2/h12-21,37H,10-11H2,1-9H3;. The predicted octanol–water partition coefficient (Wildman–Crippen LogP) is 7.15. The molecule has 1 aliphatic rings. The number of aliphatic imine (C=N–C) groups is 1. The quantitative estimate of drug-likeness (QED) is 0.214. The van der Waals surface area contributed by atoms with Crippen molar-refractivity contribution >= 4 is 45.7 Å². The molecule has 1 N–H and O–H groups in total. The number of nitrogens with zero attached hydrogens (tertiary/aromatic N) is 5. The number of hydrogen-bond donors (Lipinski definition) is 1. The SMILES string of the molecule is CCN(CC)c1ccc(N=C2C(C(C)(C)C)=Nn3c2nc(-c2ccccc2Nc2cc(C)ccc2OC)c(C)c3=O)c(C)c1.O=S=O. The molecular formula is C36H42N6O4S. The number of fused-ring (bicyclic) bond motifs is 1. The van der Waals surface area contributed by atoms with E-state index in [1.165, 1.54) is 4.68 Å². The molecule has 246 valence electrons. The minimum Gasteiger partial charge on any atom is -0.495 e. The van der Waals surface area contributed by atoms with Gasteiger partial charge < -0.3 is 15.0 Å². The fourth-order valence-corrected chi connectivity index (χ4v) is 5.50. The van der Waals surface area contributed by atoms with Crippen molar-refractivity contribution in [2.24, 2.45) is 15.5 Å². The molecule has 0 spiro atoms. The van der Waals surface area contributed by atoms with Crippen LogP contribution >= 0.6 is 0 Å². The minimum atomic E-state index is -0.750. The van der Waals surface area contributed by atoms with Crippen LogP contribution in [0.15, 0.2) is 75.6 Å². The maximum absolute atomic E-state index is 13.9. The molecule has 0 amide bonds. The number of benzene rings is 3. The van der Waals surface area contributed by atoms with Gasteiger partial charge in [-0.05, 0) is 82.1 Å². The summed E-state index contributed by atoms with van der Waals surface area (Å²) in [6.45, 7) is 18.3. The van der Waals surface area contributed by atoms with E-state index in [2.05, 4.69) is 63.9 Å². The van der Waals surface area contributed by atoms with Crippen molar-refractivity contribution in [3.8, 4) is 17.0 Å². The van der Waals surface area contributed by atoms with Crippen molar-refractivity contribution in [2.45, 2.75) is 55.4 Å². The summed E-state index contributed by atoms with van der Waals surface area (Å²) in [6.07, 6.45) is 0. The Morgan fingerprint density at radius 3 is 2.26 bits per heavy atom. The van der Waals surface area contributed by atoms with Crippen LogP contribution in [0.25, 0.3) is 11.3 Å². The van der Waals surface area contributed by atoms with E-state index in [9.17, 15) is 4.79 Å². The van der Waals surface area contributed by atoms with Crippen LogP contribution in [0.4, 0.5) is 22.7 Å². The monoisotopic (exact) mass is 654 g/mol. The zero-order valence-corrected chi connectivity index (χ0v) is 29.3. The first-order chi connectivity index (χ1) is 22.4. The Labute approximate surface area is 279 Å². The van der Waals surface area contributed by atoms with Crippen LogP contribution in [-0.2, 0) is 11.6 Å². The molecule has 0 aliphatic carbocycles. The Morgan fingerprint density at radius 1 is 0.957 bits per heavy atom. The first-order valence-electron chi connectivity index (χ1n) is 15.5. The van der Waals surface area contributed by atoms with Crippen LogP contribution in [0.2, 0.25) is 0 Å². The van der Waals surface area contributed by atoms with Gasteiger partial charge in [-0.2, -0.15) is 18.2 Å². The van der Waals surface area contributed by atoms with E-state index in [0.29, 0.717) is 22.8 Å². The van der Waals surface area contributed by atoms with Gasteiger partial charge in [-0.15, -0.1) is 0 Å². The third-order valence-electron chi connectivity index (χ3n) is 7.98. The highest BCUT2D eigenvalue weighted by Gasteiger charge is 2.35. The van der Waals surface area contributed by atoms with Crippen molar-refractivity contribution in [1.29, 1.82) is 0 Å². The molecule has 1 aromatic heterocycles. The van der Waals surface area contributed by atoms with Crippen LogP contribution < -0.4 is 20.5 Å². The van der Waals surface area contributed by atoms with Crippen molar-refractivity contribution < 1.29 is 13.2 Å². The van der Waals surface area contributed by atoms with E-state index in [1.807, 2.05) is 55.5 Å². The number of rotatable bonds is 8. The molecule has 10 nitrogen and oxygen atoms in total. The molecule has 4 aromatic rings. The van der Waals surface area contributed by atoms with Crippen LogP contribution in [-0.4, -0.2) is 49.7 Å². The number of anilines is 3. The Bertz CT molecular complexity index is 1950. The molecule has 0 saturated heterocycles. The highest BCUT2D eigenvalue weighted by molar-refractivity contribution is 7.51.